The van der Waals surface area contributed by atoms with Gasteiger partial charge in [0.25, 0.3) is 5.56 Å². The van der Waals surface area contributed by atoms with E-state index in [1.165, 1.54) is 0 Å². The lowest BCUT2D eigenvalue weighted by molar-refractivity contribution is 0.187. The normalized spacial score (nSPS) is 26.9. The number of ether oxygens (including phenoxy) is 1. The van der Waals surface area contributed by atoms with Crippen LogP contribution in [0.5, 0.6) is 0 Å². The van der Waals surface area contributed by atoms with Gasteiger partial charge in [0.1, 0.15) is 0 Å². The summed E-state index contributed by atoms with van der Waals surface area (Å²) in [5.74, 6) is 0.573. The van der Waals surface area contributed by atoms with Gasteiger partial charge in [0.15, 0.2) is 5.82 Å². The van der Waals surface area contributed by atoms with Crippen LogP contribution < -0.4 is 15.8 Å². The molecule has 0 unspecified atom stereocenters. The standard InChI is InChI=1S/C14H22N4O2/c1-17-7-5-15-13(14(17)19)18-6-2-3-11(9-18)16-12-4-8-20-10-12/h5,7,11-12,16H,2-4,6,8-10H2,1H3/t11-,12+/m1/s1. The van der Waals surface area contributed by atoms with Crippen molar-refractivity contribution in [3.8, 4) is 0 Å². The van der Waals surface area contributed by atoms with Crippen molar-refractivity contribution >= 4 is 5.82 Å². The van der Waals surface area contributed by atoms with Gasteiger partial charge < -0.3 is 19.5 Å². The van der Waals surface area contributed by atoms with Gasteiger partial charge in [-0.05, 0) is 19.3 Å². The topological polar surface area (TPSA) is 59.4 Å². The average Bonchev–Trinajstić information content (AvgIpc) is 2.95. The number of hydrogen-bond donors (Lipinski definition) is 1. The first kappa shape index (κ1) is 13.6. The zero-order valence-corrected chi connectivity index (χ0v) is 11.9. The lowest BCUT2D eigenvalue weighted by Gasteiger charge is -2.34. The summed E-state index contributed by atoms with van der Waals surface area (Å²) in [6, 6.07) is 0.883. The molecule has 6 heteroatoms. The van der Waals surface area contributed by atoms with Crippen molar-refractivity contribution in [3.63, 3.8) is 0 Å². The lowest BCUT2D eigenvalue weighted by Crippen LogP contribution is -2.50. The molecule has 110 valence electrons. The summed E-state index contributed by atoms with van der Waals surface area (Å²) < 4.78 is 6.99. The molecule has 2 fully saturated rings. The minimum Gasteiger partial charge on any atom is -0.380 e. The SMILES string of the molecule is Cn1ccnc(N2CCC[C@@H](N[C@H]3CCOC3)C2)c1=O. The summed E-state index contributed by atoms with van der Waals surface area (Å²) in [6.45, 7) is 3.42. The van der Waals surface area contributed by atoms with E-state index in [-0.39, 0.29) is 5.56 Å². The molecule has 0 spiro atoms. The first-order valence-electron chi connectivity index (χ1n) is 7.34. The first-order chi connectivity index (χ1) is 9.74. The lowest BCUT2D eigenvalue weighted by atomic mass is 10.0. The summed E-state index contributed by atoms with van der Waals surface area (Å²) >= 11 is 0. The second kappa shape index (κ2) is 5.93. The smallest absolute Gasteiger partial charge is 0.293 e. The fraction of sp³-hybridized carbons (Fsp3) is 0.714. The van der Waals surface area contributed by atoms with Crippen molar-refractivity contribution in [1.82, 2.24) is 14.9 Å². The van der Waals surface area contributed by atoms with Gasteiger partial charge in [0, 0.05) is 51.2 Å². The zero-order chi connectivity index (χ0) is 13.9. The van der Waals surface area contributed by atoms with Crippen LogP contribution >= 0.6 is 0 Å². The molecule has 1 N–H and O–H groups in total. The Labute approximate surface area is 118 Å². The highest BCUT2D eigenvalue weighted by Crippen LogP contribution is 2.16. The number of anilines is 1. The Morgan fingerprint density at radius 3 is 3.10 bits per heavy atom. The van der Waals surface area contributed by atoms with E-state index in [2.05, 4.69) is 15.2 Å². The van der Waals surface area contributed by atoms with Gasteiger partial charge in [-0.1, -0.05) is 0 Å². The molecule has 1 aromatic heterocycles. The zero-order valence-electron chi connectivity index (χ0n) is 11.9. The van der Waals surface area contributed by atoms with Crippen molar-refractivity contribution < 1.29 is 4.74 Å². The van der Waals surface area contributed by atoms with Crippen molar-refractivity contribution in [3.05, 3.63) is 22.7 Å². The van der Waals surface area contributed by atoms with Crippen LogP contribution in [0.25, 0.3) is 0 Å². The molecule has 0 amide bonds. The Morgan fingerprint density at radius 2 is 2.30 bits per heavy atom. The molecule has 0 aliphatic carbocycles. The quantitative estimate of drug-likeness (QED) is 0.851. The number of nitrogens with zero attached hydrogens (tertiary/aromatic N) is 3. The fourth-order valence-electron chi connectivity index (χ4n) is 3.01. The highest BCUT2D eigenvalue weighted by molar-refractivity contribution is 5.36. The summed E-state index contributed by atoms with van der Waals surface area (Å²) in [6.07, 6.45) is 6.72. The molecule has 2 aliphatic heterocycles. The van der Waals surface area contributed by atoms with E-state index >= 15 is 0 Å². The van der Waals surface area contributed by atoms with E-state index in [4.69, 9.17) is 4.74 Å². The van der Waals surface area contributed by atoms with E-state index in [0.29, 0.717) is 17.9 Å². The Balaban J connectivity index is 1.68. The van der Waals surface area contributed by atoms with Crippen LogP contribution in [0.3, 0.4) is 0 Å². The van der Waals surface area contributed by atoms with Crippen LogP contribution in [0.1, 0.15) is 19.3 Å². The Bertz CT molecular complexity index is 510. The van der Waals surface area contributed by atoms with Gasteiger partial charge in [-0.2, -0.15) is 0 Å². The van der Waals surface area contributed by atoms with Crippen LogP contribution in [-0.4, -0.2) is 47.9 Å². The summed E-state index contributed by atoms with van der Waals surface area (Å²) in [5.41, 5.74) is -0.0163. The molecule has 1 aromatic rings. The maximum Gasteiger partial charge on any atom is 0.293 e. The highest BCUT2D eigenvalue weighted by atomic mass is 16.5. The monoisotopic (exact) mass is 278 g/mol. The third kappa shape index (κ3) is 2.86. The summed E-state index contributed by atoms with van der Waals surface area (Å²) in [4.78, 5) is 18.5. The van der Waals surface area contributed by atoms with Crippen LogP contribution in [0.2, 0.25) is 0 Å². The maximum atomic E-state index is 12.1. The largest absolute Gasteiger partial charge is 0.380 e. The van der Waals surface area contributed by atoms with Gasteiger partial charge in [0.05, 0.1) is 6.61 Å². The molecule has 20 heavy (non-hydrogen) atoms. The number of hydrogen-bond acceptors (Lipinski definition) is 5. The van der Waals surface area contributed by atoms with Crippen LogP contribution in [0.4, 0.5) is 5.82 Å². The average molecular weight is 278 g/mol. The van der Waals surface area contributed by atoms with E-state index in [9.17, 15) is 4.79 Å². The van der Waals surface area contributed by atoms with Crippen LogP contribution in [-0.2, 0) is 11.8 Å². The number of nitrogens with one attached hydrogen (secondary N) is 1. The molecule has 0 radical (unpaired) electrons. The van der Waals surface area contributed by atoms with Gasteiger partial charge in [-0.3, -0.25) is 4.79 Å². The van der Waals surface area contributed by atoms with Crippen molar-refractivity contribution in [2.75, 3.05) is 31.2 Å². The predicted molar refractivity (Wildman–Crippen MR) is 77.1 cm³/mol. The third-order valence-corrected chi connectivity index (χ3v) is 4.12. The molecular formula is C14H22N4O2. The fourth-order valence-corrected chi connectivity index (χ4v) is 3.01. The number of piperidine rings is 1. The molecule has 0 saturated carbocycles. The van der Waals surface area contributed by atoms with Crippen molar-refractivity contribution in [2.45, 2.75) is 31.3 Å². The second-order valence-electron chi connectivity index (χ2n) is 5.68. The van der Waals surface area contributed by atoms with Gasteiger partial charge in [0.2, 0.25) is 0 Å². The molecule has 2 saturated heterocycles. The van der Waals surface area contributed by atoms with E-state index in [0.717, 1.165) is 45.6 Å². The molecule has 3 heterocycles. The molecule has 3 rings (SSSR count). The minimum atomic E-state index is -0.0163. The molecule has 6 nitrogen and oxygen atoms in total. The molecule has 0 aromatic carbocycles. The van der Waals surface area contributed by atoms with Gasteiger partial charge in [-0.15, -0.1) is 0 Å². The van der Waals surface area contributed by atoms with E-state index in [1.54, 1.807) is 24.0 Å². The highest BCUT2D eigenvalue weighted by Gasteiger charge is 2.26. The molecular weight excluding hydrogens is 256 g/mol. The van der Waals surface area contributed by atoms with Gasteiger partial charge in [-0.25, -0.2) is 4.98 Å². The number of aryl methyl sites for hydroxylation is 1. The Morgan fingerprint density at radius 1 is 1.40 bits per heavy atom. The molecule has 2 atom stereocenters. The van der Waals surface area contributed by atoms with E-state index < -0.39 is 0 Å². The van der Waals surface area contributed by atoms with Crippen molar-refractivity contribution in [2.24, 2.45) is 7.05 Å². The third-order valence-electron chi connectivity index (χ3n) is 4.12. The van der Waals surface area contributed by atoms with Crippen LogP contribution in [0, 0.1) is 0 Å². The predicted octanol–water partition coefficient (Wildman–Crippen LogP) is 0.128. The molecule has 0 bridgehead atoms. The first-order valence-corrected chi connectivity index (χ1v) is 7.34. The maximum absolute atomic E-state index is 12.1. The minimum absolute atomic E-state index is 0.0163. The Hall–Kier alpha value is -1.40. The molecule has 2 aliphatic rings. The summed E-state index contributed by atoms with van der Waals surface area (Å²) in [7, 11) is 1.77. The van der Waals surface area contributed by atoms with Crippen molar-refractivity contribution in [1.29, 1.82) is 0 Å². The van der Waals surface area contributed by atoms with E-state index in [1.807, 2.05) is 0 Å². The Kier molecular flexibility index (Phi) is 4.03. The number of aromatic nitrogens is 2. The second-order valence-corrected chi connectivity index (χ2v) is 5.68. The summed E-state index contributed by atoms with van der Waals surface area (Å²) in [5, 5.41) is 3.65. The number of rotatable bonds is 3. The van der Waals surface area contributed by atoms with Gasteiger partial charge >= 0.3 is 0 Å². The van der Waals surface area contributed by atoms with Crippen LogP contribution in [0.15, 0.2) is 17.2 Å².